The van der Waals surface area contributed by atoms with Gasteiger partial charge in [-0.2, -0.15) is 9.37 Å². The van der Waals surface area contributed by atoms with E-state index in [0.717, 1.165) is 35.6 Å². The van der Waals surface area contributed by atoms with Crippen molar-refractivity contribution in [3.63, 3.8) is 0 Å². The molecule has 0 spiro atoms. The third kappa shape index (κ3) is 4.33. The van der Waals surface area contributed by atoms with Crippen molar-refractivity contribution in [2.75, 3.05) is 24.3 Å². The van der Waals surface area contributed by atoms with Crippen molar-refractivity contribution < 1.29 is 13.2 Å². The lowest BCUT2D eigenvalue weighted by Gasteiger charge is -2.18. The van der Waals surface area contributed by atoms with E-state index >= 15 is 0 Å². The molecule has 1 heterocycles. The highest BCUT2D eigenvalue weighted by Gasteiger charge is 2.12. The first-order valence-corrected chi connectivity index (χ1v) is 8.50. The fraction of sp³-hybridized carbons (Fsp3) is 0.200. The number of benzene rings is 2. The molecule has 8 heteroatoms. The van der Waals surface area contributed by atoms with Gasteiger partial charge in [0.25, 0.3) is 0 Å². The van der Waals surface area contributed by atoms with Gasteiger partial charge >= 0.3 is 5.56 Å². The van der Waals surface area contributed by atoms with Crippen LogP contribution < -0.4 is 15.8 Å². The average Bonchev–Trinajstić information content (AvgIpc) is 2.59. The van der Waals surface area contributed by atoms with Gasteiger partial charge in [-0.05, 0) is 48.4 Å². The van der Waals surface area contributed by atoms with Gasteiger partial charge in [0.15, 0.2) is 0 Å². The summed E-state index contributed by atoms with van der Waals surface area (Å²) in [6.07, 6.45) is 0.962. The van der Waals surface area contributed by atoms with E-state index in [1.807, 2.05) is 44.1 Å². The zero-order valence-corrected chi connectivity index (χ0v) is 15.6. The van der Waals surface area contributed by atoms with E-state index in [9.17, 15) is 18.0 Å². The second kappa shape index (κ2) is 7.75. The summed E-state index contributed by atoms with van der Waals surface area (Å²) < 4.78 is 42.0. The van der Waals surface area contributed by atoms with Gasteiger partial charge in [-0.25, -0.2) is 8.78 Å². The molecule has 28 heavy (non-hydrogen) atoms. The van der Waals surface area contributed by atoms with Gasteiger partial charge in [0.2, 0.25) is 11.8 Å². The number of aromatic nitrogens is 2. The van der Waals surface area contributed by atoms with Crippen LogP contribution in [0.4, 0.5) is 30.5 Å². The molecular formula is C20H19F3N4O. The molecule has 0 radical (unpaired) electrons. The highest BCUT2D eigenvalue weighted by Crippen LogP contribution is 2.24. The predicted molar refractivity (Wildman–Crippen MR) is 103 cm³/mol. The Bertz CT molecular complexity index is 1060. The van der Waals surface area contributed by atoms with Gasteiger partial charge in [0.1, 0.15) is 11.6 Å². The minimum absolute atomic E-state index is 0.0665. The van der Waals surface area contributed by atoms with Crippen molar-refractivity contribution in [3.05, 3.63) is 81.5 Å². The minimum Gasteiger partial charge on any atom is -0.378 e. The summed E-state index contributed by atoms with van der Waals surface area (Å²) in [4.78, 5) is 17.4. The van der Waals surface area contributed by atoms with Gasteiger partial charge in [0.05, 0.1) is 6.54 Å². The molecule has 0 aliphatic carbocycles. The number of aryl methyl sites for hydroxylation is 1. The maximum absolute atomic E-state index is 13.8. The van der Waals surface area contributed by atoms with Crippen LogP contribution in [0.3, 0.4) is 0 Å². The lowest BCUT2D eigenvalue weighted by Crippen LogP contribution is -2.20. The van der Waals surface area contributed by atoms with E-state index in [1.165, 1.54) is 4.57 Å². The number of nitrogens with one attached hydrogen (secondary N) is 1. The molecule has 0 unspecified atom stereocenters. The van der Waals surface area contributed by atoms with Gasteiger partial charge in [-0.15, -0.1) is 0 Å². The van der Waals surface area contributed by atoms with Crippen LogP contribution in [0.25, 0.3) is 0 Å². The third-order valence-corrected chi connectivity index (χ3v) is 4.20. The fourth-order valence-electron chi connectivity index (χ4n) is 2.77. The summed E-state index contributed by atoms with van der Waals surface area (Å²) >= 11 is 0. The number of hydrogen-bond donors (Lipinski definition) is 1. The molecule has 146 valence electrons. The van der Waals surface area contributed by atoms with Crippen LogP contribution in [-0.2, 0) is 6.54 Å². The highest BCUT2D eigenvalue weighted by atomic mass is 19.1. The van der Waals surface area contributed by atoms with Gasteiger partial charge in [-0.1, -0.05) is 0 Å². The van der Waals surface area contributed by atoms with Crippen molar-refractivity contribution in [1.82, 2.24) is 9.55 Å². The highest BCUT2D eigenvalue weighted by molar-refractivity contribution is 5.64. The molecule has 0 aliphatic heterocycles. The Morgan fingerprint density at radius 2 is 1.75 bits per heavy atom. The van der Waals surface area contributed by atoms with Crippen LogP contribution in [0, 0.1) is 24.4 Å². The topological polar surface area (TPSA) is 50.2 Å². The first kappa shape index (κ1) is 19.5. The van der Waals surface area contributed by atoms with E-state index in [2.05, 4.69) is 10.3 Å². The summed E-state index contributed by atoms with van der Waals surface area (Å²) in [5.74, 6) is -2.47. The number of hydrogen-bond acceptors (Lipinski definition) is 4. The minimum atomic E-state index is -1.05. The molecule has 0 aliphatic rings. The zero-order valence-electron chi connectivity index (χ0n) is 15.6. The van der Waals surface area contributed by atoms with Crippen LogP contribution in [-0.4, -0.2) is 23.6 Å². The van der Waals surface area contributed by atoms with Gasteiger partial charge in [-0.3, -0.25) is 4.79 Å². The molecule has 1 N–H and O–H groups in total. The quantitative estimate of drug-likeness (QED) is 0.722. The summed E-state index contributed by atoms with van der Waals surface area (Å²) in [6.45, 7) is 1.80. The SMILES string of the molecule is Cc1cc(N(C)C)ccc1Nc1nc(=O)c(F)cn1Cc1cc(F)cc(F)c1. The van der Waals surface area contributed by atoms with Crippen molar-refractivity contribution in [2.45, 2.75) is 13.5 Å². The molecule has 3 aromatic rings. The Morgan fingerprint density at radius 3 is 2.36 bits per heavy atom. The zero-order chi connectivity index (χ0) is 20.4. The second-order valence-electron chi connectivity index (χ2n) is 6.64. The van der Waals surface area contributed by atoms with Crippen LogP contribution >= 0.6 is 0 Å². The lowest BCUT2D eigenvalue weighted by molar-refractivity contribution is 0.568. The molecule has 3 rings (SSSR count). The molecule has 0 atom stereocenters. The van der Waals surface area contributed by atoms with E-state index in [1.54, 1.807) is 0 Å². The Labute approximate surface area is 160 Å². The molecule has 0 bridgehead atoms. The largest absolute Gasteiger partial charge is 0.378 e. The third-order valence-electron chi connectivity index (χ3n) is 4.20. The van der Waals surface area contributed by atoms with E-state index in [0.29, 0.717) is 5.69 Å². The molecule has 2 aromatic carbocycles. The molecule has 1 aromatic heterocycles. The first-order chi connectivity index (χ1) is 13.2. The smallest absolute Gasteiger partial charge is 0.310 e. The number of rotatable bonds is 5. The Hall–Kier alpha value is -3.29. The number of anilines is 3. The number of nitrogens with zero attached hydrogens (tertiary/aromatic N) is 3. The molecule has 5 nitrogen and oxygen atoms in total. The summed E-state index contributed by atoms with van der Waals surface area (Å²) in [7, 11) is 3.83. The molecule has 0 saturated heterocycles. The standard InChI is InChI=1S/C20H19F3N4O/c1-12-6-16(26(2)3)4-5-18(12)24-20-25-19(28)17(23)11-27(20)10-13-7-14(21)9-15(22)8-13/h4-9,11H,10H2,1-3H3,(H,24,25,28). The molecule has 0 amide bonds. The van der Waals surface area contributed by atoms with Crippen molar-refractivity contribution >= 4 is 17.3 Å². The number of halogens is 3. The summed E-state index contributed by atoms with van der Waals surface area (Å²) in [5.41, 5.74) is 1.79. The van der Waals surface area contributed by atoms with Crippen molar-refractivity contribution in [3.8, 4) is 0 Å². The molecular weight excluding hydrogens is 369 g/mol. The predicted octanol–water partition coefficient (Wildman–Crippen LogP) is 3.83. The lowest BCUT2D eigenvalue weighted by atomic mass is 10.1. The van der Waals surface area contributed by atoms with E-state index in [-0.39, 0.29) is 18.1 Å². The van der Waals surface area contributed by atoms with Crippen LogP contribution in [0.1, 0.15) is 11.1 Å². The molecule has 0 saturated carbocycles. The fourth-order valence-corrected chi connectivity index (χ4v) is 2.77. The van der Waals surface area contributed by atoms with Crippen molar-refractivity contribution in [1.29, 1.82) is 0 Å². The second-order valence-corrected chi connectivity index (χ2v) is 6.64. The maximum Gasteiger partial charge on any atom is 0.310 e. The Morgan fingerprint density at radius 1 is 1.07 bits per heavy atom. The monoisotopic (exact) mass is 388 g/mol. The summed E-state index contributed by atoms with van der Waals surface area (Å²) in [5, 5.41) is 3.00. The Balaban J connectivity index is 1.99. The van der Waals surface area contributed by atoms with Gasteiger partial charge < -0.3 is 14.8 Å². The van der Waals surface area contributed by atoms with Gasteiger partial charge in [0, 0.05) is 37.7 Å². The van der Waals surface area contributed by atoms with E-state index in [4.69, 9.17) is 0 Å². The molecule has 0 fully saturated rings. The normalized spacial score (nSPS) is 10.8. The van der Waals surface area contributed by atoms with Crippen molar-refractivity contribution in [2.24, 2.45) is 0 Å². The van der Waals surface area contributed by atoms with Crippen LogP contribution in [0.5, 0.6) is 0 Å². The Kier molecular flexibility index (Phi) is 5.39. The van der Waals surface area contributed by atoms with Crippen LogP contribution in [0.2, 0.25) is 0 Å². The van der Waals surface area contributed by atoms with E-state index < -0.39 is 23.0 Å². The summed E-state index contributed by atoms with van der Waals surface area (Å²) in [6, 6.07) is 8.66. The average molecular weight is 388 g/mol. The first-order valence-electron chi connectivity index (χ1n) is 8.50. The maximum atomic E-state index is 13.8. The van der Waals surface area contributed by atoms with Crippen LogP contribution in [0.15, 0.2) is 47.4 Å².